The Balaban J connectivity index is 2.09. The van der Waals surface area contributed by atoms with E-state index < -0.39 is 0 Å². The van der Waals surface area contributed by atoms with Crippen LogP contribution in [-0.2, 0) is 9.59 Å². The Morgan fingerprint density at radius 2 is 1.95 bits per heavy atom. The second-order valence-electron chi connectivity index (χ2n) is 6.29. The monoisotopic (exact) mass is 283 g/mol. The summed E-state index contributed by atoms with van der Waals surface area (Å²) in [5.74, 6) is 0.900. The maximum atomic E-state index is 11.8. The average Bonchev–Trinajstić information content (AvgIpc) is 2.36. The highest BCUT2D eigenvalue weighted by molar-refractivity contribution is 5.79. The number of carbonyl (C=O) groups is 2. The van der Waals surface area contributed by atoms with E-state index in [2.05, 4.69) is 24.5 Å². The Morgan fingerprint density at radius 1 is 1.20 bits per heavy atom. The summed E-state index contributed by atoms with van der Waals surface area (Å²) < 4.78 is 0. The first-order chi connectivity index (χ1) is 9.47. The van der Waals surface area contributed by atoms with Gasteiger partial charge in [0.1, 0.15) is 0 Å². The number of hydrogen-bond donors (Lipinski definition) is 3. The molecular formula is C15H29N3O2. The molecule has 2 atom stereocenters. The predicted molar refractivity (Wildman–Crippen MR) is 80.0 cm³/mol. The lowest BCUT2D eigenvalue weighted by atomic mass is 9.84. The molecule has 1 rings (SSSR count). The van der Waals surface area contributed by atoms with Gasteiger partial charge in [-0.1, -0.05) is 20.3 Å². The summed E-state index contributed by atoms with van der Waals surface area (Å²) >= 11 is 0. The maximum Gasteiger partial charge on any atom is 0.221 e. The SMILES string of the molecule is CC(C)CNC(=O)CCNC(=O)CC1CCCC(N)C1. The molecule has 0 radical (unpaired) electrons. The van der Waals surface area contributed by atoms with E-state index in [4.69, 9.17) is 5.73 Å². The Labute approximate surface area is 122 Å². The zero-order valence-corrected chi connectivity index (χ0v) is 12.8. The van der Waals surface area contributed by atoms with Crippen molar-refractivity contribution in [3.8, 4) is 0 Å². The predicted octanol–water partition coefficient (Wildman–Crippen LogP) is 1.17. The van der Waals surface area contributed by atoms with Crippen LogP contribution in [0.4, 0.5) is 0 Å². The zero-order chi connectivity index (χ0) is 15.0. The van der Waals surface area contributed by atoms with Crippen LogP contribution in [0.25, 0.3) is 0 Å². The fraction of sp³-hybridized carbons (Fsp3) is 0.867. The lowest BCUT2D eigenvalue weighted by molar-refractivity contribution is -0.123. The number of hydrogen-bond acceptors (Lipinski definition) is 3. The van der Waals surface area contributed by atoms with Crippen LogP contribution in [-0.4, -0.2) is 30.9 Å². The third kappa shape index (κ3) is 7.48. The van der Waals surface area contributed by atoms with Crippen LogP contribution in [0.15, 0.2) is 0 Å². The van der Waals surface area contributed by atoms with Gasteiger partial charge in [-0.05, 0) is 31.1 Å². The molecule has 0 aromatic rings. The van der Waals surface area contributed by atoms with Crippen molar-refractivity contribution in [1.82, 2.24) is 10.6 Å². The summed E-state index contributed by atoms with van der Waals surface area (Å²) in [4.78, 5) is 23.3. The van der Waals surface area contributed by atoms with Gasteiger partial charge in [0.05, 0.1) is 0 Å². The van der Waals surface area contributed by atoms with Gasteiger partial charge in [0.25, 0.3) is 0 Å². The molecule has 1 aliphatic carbocycles. The highest BCUT2D eigenvalue weighted by Gasteiger charge is 2.21. The number of carbonyl (C=O) groups excluding carboxylic acids is 2. The van der Waals surface area contributed by atoms with Gasteiger partial charge in [-0.15, -0.1) is 0 Å². The molecule has 0 aliphatic heterocycles. The molecule has 4 N–H and O–H groups in total. The summed E-state index contributed by atoms with van der Waals surface area (Å²) in [6.07, 6.45) is 5.13. The Kier molecular flexibility index (Phi) is 7.59. The second-order valence-corrected chi connectivity index (χ2v) is 6.29. The quantitative estimate of drug-likeness (QED) is 0.656. The molecule has 5 nitrogen and oxygen atoms in total. The van der Waals surface area contributed by atoms with Crippen LogP contribution < -0.4 is 16.4 Å². The molecule has 20 heavy (non-hydrogen) atoms. The molecule has 2 unspecified atom stereocenters. The van der Waals surface area contributed by atoms with Crippen molar-refractivity contribution in [2.75, 3.05) is 13.1 Å². The number of nitrogens with two attached hydrogens (primary N) is 1. The summed E-state index contributed by atoms with van der Waals surface area (Å²) in [6, 6.07) is 0.253. The number of nitrogens with one attached hydrogen (secondary N) is 2. The fourth-order valence-corrected chi connectivity index (χ4v) is 2.57. The molecule has 1 fully saturated rings. The van der Waals surface area contributed by atoms with Crippen molar-refractivity contribution in [2.45, 2.75) is 58.4 Å². The van der Waals surface area contributed by atoms with Crippen LogP contribution in [0, 0.1) is 11.8 Å². The third-order valence-corrected chi connectivity index (χ3v) is 3.68. The first kappa shape index (κ1) is 17.0. The van der Waals surface area contributed by atoms with Crippen LogP contribution in [0.2, 0.25) is 0 Å². The highest BCUT2D eigenvalue weighted by atomic mass is 16.2. The van der Waals surface area contributed by atoms with Gasteiger partial charge in [0.15, 0.2) is 0 Å². The van der Waals surface area contributed by atoms with Gasteiger partial charge in [0.2, 0.25) is 11.8 Å². The second kappa shape index (κ2) is 8.95. The Morgan fingerprint density at radius 3 is 2.60 bits per heavy atom. The lowest BCUT2D eigenvalue weighted by Crippen LogP contribution is -2.34. The average molecular weight is 283 g/mol. The minimum atomic E-state index is -0.00121. The molecule has 0 saturated heterocycles. The van der Waals surface area contributed by atoms with Crippen LogP contribution >= 0.6 is 0 Å². The third-order valence-electron chi connectivity index (χ3n) is 3.68. The number of amides is 2. The smallest absolute Gasteiger partial charge is 0.221 e. The molecule has 116 valence electrons. The molecule has 1 aliphatic rings. The van der Waals surface area contributed by atoms with E-state index >= 15 is 0 Å². The van der Waals surface area contributed by atoms with Gasteiger partial charge in [-0.25, -0.2) is 0 Å². The lowest BCUT2D eigenvalue weighted by Gasteiger charge is -2.26. The highest BCUT2D eigenvalue weighted by Crippen LogP contribution is 2.25. The normalized spacial score (nSPS) is 22.6. The van der Waals surface area contributed by atoms with E-state index in [-0.39, 0.29) is 17.9 Å². The first-order valence-corrected chi connectivity index (χ1v) is 7.76. The van der Waals surface area contributed by atoms with Gasteiger partial charge in [-0.2, -0.15) is 0 Å². The van der Waals surface area contributed by atoms with E-state index in [0.717, 1.165) is 25.7 Å². The molecule has 0 heterocycles. The maximum absolute atomic E-state index is 11.8. The van der Waals surface area contributed by atoms with E-state index in [1.807, 2.05) is 0 Å². The Hall–Kier alpha value is -1.10. The summed E-state index contributed by atoms with van der Waals surface area (Å²) in [5, 5.41) is 5.66. The molecule has 0 aromatic carbocycles. The van der Waals surface area contributed by atoms with E-state index in [0.29, 0.717) is 37.8 Å². The van der Waals surface area contributed by atoms with Crippen molar-refractivity contribution >= 4 is 11.8 Å². The molecule has 0 aromatic heterocycles. The topological polar surface area (TPSA) is 84.2 Å². The van der Waals surface area contributed by atoms with Crippen molar-refractivity contribution in [3.63, 3.8) is 0 Å². The standard InChI is InChI=1S/C15H29N3O2/c1-11(2)10-18-14(19)6-7-17-15(20)9-12-4-3-5-13(16)8-12/h11-13H,3-10,16H2,1-2H3,(H,17,20)(H,18,19). The first-order valence-electron chi connectivity index (χ1n) is 7.76. The number of rotatable bonds is 7. The largest absolute Gasteiger partial charge is 0.356 e. The Bertz CT molecular complexity index is 318. The minimum absolute atomic E-state index is 0.00121. The molecule has 1 saturated carbocycles. The molecule has 0 spiro atoms. The molecular weight excluding hydrogens is 254 g/mol. The van der Waals surface area contributed by atoms with Crippen molar-refractivity contribution < 1.29 is 9.59 Å². The van der Waals surface area contributed by atoms with E-state index in [9.17, 15) is 9.59 Å². The van der Waals surface area contributed by atoms with Crippen molar-refractivity contribution in [1.29, 1.82) is 0 Å². The van der Waals surface area contributed by atoms with E-state index in [1.165, 1.54) is 0 Å². The van der Waals surface area contributed by atoms with Crippen molar-refractivity contribution in [3.05, 3.63) is 0 Å². The van der Waals surface area contributed by atoms with Gasteiger partial charge in [-0.3, -0.25) is 9.59 Å². The van der Waals surface area contributed by atoms with Crippen LogP contribution in [0.3, 0.4) is 0 Å². The van der Waals surface area contributed by atoms with Gasteiger partial charge in [0, 0.05) is 32.0 Å². The summed E-state index contributed by atoms with van der Waals surface area (Å²) in [6.45, 7) is 5.21. The summed E-state index contributed by atoms with van der Waals surface area (Å²) in [5.41, 5.74) is 5.91. The van der Waals surface area contributed by atoms with Gasteiger partial charge >= 0.3 is 0 Å². The van der Waals surface area contributed by atoms with Gasteiger partial charge < -0.3 is 16.4 Å². The fourth-order valence-electron chi connectivity index (χ4n) is 2.57. The summed E-state index contributed by atoms with van der Waals surface area (Å²) in [7, 11) is 0. The van der Waals surface area contributed by atoms with Crippen LogP contribution in [0.1, 0.15) is 52.4 Å². The zero-order valence-electron chi connectivity index (χ0n) is 12.8. The molecule has 5 heteroatoms. The minimum Gasteiger partial charge on any atom is -0.356 e. The van der Waals surface area contributed by atoms with Crippen molar-refractivity contribution in [2.24, 2.45) is 17.6 Å². The van der Waals surface area contributed by atoms with Crippen LogP contribution in [0.5, 0.6) is 0 Å². The molecule has 2 amide bonds. The van der Waals surface area contributed by atoms with E-state index in [1.54, 1.807) is 0 Å². The molecule has 0 bridgehead atoms.